The summed E-state index contributed by atoms with van der Waals surface area (Å²) in [5.41, 5.74) is 18.2. The number of aromatic nitrogens is 2. The van der Waals surface area contributed by atoms with Crippen LogP contribution in [0.1, 0.15) is 0 Å². The van der Waals surface area contributed by atoms with Crippen molar-refractivity contribution in [3.63, 3.8) is 0 Å². The zero-order chi connectivity index (χ0) is 51.7. The molecule has 0 amide bonds. The Bertz CT molecular complexity index is 5250. The Labute approximate surface area is 454 Å². The molecule has 0 aliphatic heterocycles. The number of rotatable bonds is 6. The van der Waals surface area contributed by atoms with Gasteiger partial charge in [0.15, 0.2) is 0 Å². The van der Waals surface area contributed by atoms with E-state index in [9.17, 15) is 0 Å². The van der Waals surface area contributed by atoms with Crippen molar-refractivity contribution in [1.82, 2.24) is 9.13 Å². The lowest BCUT2D eigenvalue weighted by Crippen LogP contribution is -1.96. The largest absolute Gasteiger partial charge is 0.455 e. The highest BCUT2D eigenvalue weighted by Gasteiger charge is 2.26. The van der Waals surface area contributed by atoms with Crippen LogP contribution in [0.25, 0.3) is 165 Å². The van der Waals surface area contributed by atoms with Crippen molar-refractivity contribution in [3.8, 4) is 55.9 Å². The van der Waals surface area contributed by atoms with E-state index in [1.807, 2.05) is 0 Å². The summed E-state index contributed by atoms with van der Waals surface area (Å²) in [6, 6.07) is 102. The average molecular weight is 1000 g/mol. The molecule has 3 aromatic heterocycles. The van der Waals surface area contributed by atoms with Gasteiger partial charge in [0.25, 0.3) is 0 Å². The fourth-order valence-corrected chi connectivity index (χ4v) is 13.7. The fraction of sp³-hybridized carbons (Fsp3) is 0. The molecular formula is C76H46N2O. The van der Waals surface area contributed by atoms with Crippen molar-refractivity contribution in [2.45, 2.75) is 0 Å². The highest BCUT2D eigenvalue weighted by Crippen LogP contribution is 2.51. The molecule has 0 aliphatic rings. The van der Waals surface area contributed by atoms with E-state index in [2.05, 4.69) is 288 Å². The van der Waals surface area contributed by atoms with Crippen LogP contribution in [0.5, 0.6) is 0 Å². The summed E-state index contributed by atoms with van der Waals surface area (Å²) >= 11 is 0. The van der Waals surface area contributed by atoms with Gasteiger partial charge in [-0.3, -0.25) is 0 Å². The molecule has 0 spiro atoms. The number of hydrogen-bond donors (Lipinski definition) is 0. The Morgan fingerprint density at radius 1 is 0.228 bits per heavy atom. The topological polar surface area (TPSA) is 23.0 Å². The van der Waals surface area contributed by atoms with Crippen LogP contribution in [0.15, 0.2) is 283 Å². The van der Waals surface area contributed by atoms with E-state index in [1.54, 1.807) is 0 Å². The molecule has 0 atom stereocenters. The Morgan fingerprint density at radius 2 is 0.570 bits per heavy atom. The molecule has 0 fully saturated rings. The van der Waals surface area contributed by atoms with Crippen molar-refractivity contribution in [2.75, 3.05) is 0 Å². The summed E-state index contributed by atoms with van der Waals surface area (Å²) in [5.74, 6) is 0. The third-order valence-electron chi connectivity index (χ3n) is 16.9. The van der Waals surface area contributed by atoms with Gasteiger partial charge in [-0.25, -0.2) is 0 Å². The normalized spacial score (nSPS) is 12.1. The predicted octanol–water partition coefficient (Wildman–Crippen LogP) is 21.1. The van der Waals surface area contributed by atoms with E-state index in [4.69, 9.17) is 4.42 Å². The lowest BCUT2D eigenvalue weighted by Gasteiger charge is -2.19. The van der Waals surface area contributed by atoms with Gasteiger partial charge < -0.3 is 13.6 Å². The molecule has 14 aromatic carbocycles. The molecule has 0 saturated heterocycles. The third-order valence-corrected chi connectivity index (χ3v) is 16.9. The molecule has 3 heteroatoms. The Morgan fingerprint density at radius 3 is 1.01 bits per heavy atom. The van der Waals surface area contributed by atoms with Crippen LogP contribution in [-0.2, 0) is 0 Å². The van der Waals surface area contributed by atoms with Crippen molar-refractivity contribution in [1.29, 1.82) is 0 Å². The lowest BCUT2D eigenvalue weighted by atomic mass is 9.85. The highest BCUT2D eigenvalue weighted by molar-refractivity contribution is 6.29. The number of para-hydroxylation sites is 7. The summed E-state index contributed by atoms with van der Waals surface area (Å²) in [5, 5.41) is 16.7. The minimum absolute atomic E-state index is 0.861. The van der Waals surface area contributed by atoms with Crippen LogP contribution in [0, 0.1) is 0 Å². The third kappa shape index (κ3) is 6.30. The highest BCUT2D eigenvalue weighted by atomic mass is 16.3. The molecule has 0 unspecified atom stereocenters. The Hall–Kier alpha value is -10.5. The maximum absolute atomic E-state index is 7.31. The standard InChI is InChI=1S/C76H46N2O/c1-3-22-48(23-4-1)77-67-42-17-15-26-50(67)61-36-19-39-64(74(61)77)71-55-30-9-7-28-53(55)70(54-29-8-10-31-56(54)71)47-44-45-52-63-38-21-41-66(76(63)79-69(52)46-47)73-59-34-13-11-32-57(59)72(58-33-12-14-35-60(58)73)65-40-20-37-62-51-27-16-18-43-68(51)78(75(62)65)49-24-5-2-6-25-49/h1-46H. The van der Waals surface area contributed by atoms with Gasteiger partial charge in [0.1, 0.15) is 11.2 Å². The predicted molar refractivity (Wildman–Crippen MR) is 334 cm³/mol. The monoisotopic (exact) mass is 1000 g/mol. The molecule has 366 valence electrons. The Balaban J connectivity index is 0.881. The molecule has 79 heavy (non-hydrogen) atoms. The van der Waals surface area contributed by atoms with E-state index in [0.717, 1.165) is 44.4 Å². The summed E-state index contributed by atoms with van der Waals surface area (Å²) in [4.78, 5) is 0. The fourth-order valence-electron chi connectivity index (χ4n) is 13.7. The molecule has 0 saturated carbocycles. The van der Waals surface area contributed by atoms with E-state index in [1.165, 1.54) is 120 Å². The molecular weight excluding hydrogens is 957 g/mol. The van der Waals surface area contributed by atoms with Crippen molar-refractivity contribution in [2.24, 2.45) is 0 Å². The van der Waals surface area contributed by atoms with Gasteiger partial charge in [0, 0.05) is 65.9 Å². The zero-order valence-electron chi connectivity index (χ0n) is 42.9. The first kappa shape index (κ1) is 43.7. The second-order valence-electron chi connectivity index (χ2n) is 21.0. The van der Waals surface area contributed by atoms with E-state index in [-0.39, 0.29) is 0 Å². The summed E-state index contributed by atoms with van der Waals surface area (Å²) in [6.45, 7) is 0. The van der Waals surface area contributed by atoms with Crippen LogP contribution in [0.3, 0.4) is 0 Å². The molecule has 3 nitrogen and oxygen atoms in total. The zero-order valence-corrected chi connectivity index (χ0v) is 42.9. The number of fused-ring (bicyclic) bond motifs is 13. The van der Waals surface area contributed by atoms with Gasteiger partial charge >= 0.3 is 0 Å². The first-order chi connectivity index (χ1) is 39.3. The molecule has 0 N–H and O–H groups in total. The maximum atomic E-state index is 7.31. The van der Waals surface area contributed by atoms with Crippen molar-refractivity contribution in [3.05, 3.63) is 279 Å². The second-order valence-corrected chi connectivity index (χ2v) is 21.0. The minimum Gasteiger partial charge on any atom is -0.455 e. The second kappa shape index (κ2) is 17.0. The molecule has 17 aromatic rings. The van der Waals surface area contributed by atoms with Crippen LogP contribution < -0.4 is 0 Å². The smallest absolute Gasteiger partial charge is 0.143 e. The molecule has 3 heterocycles. The average Bonchev–Trinajstić information content (AvgIpc) is 4.27. The van der Waals surface area contributed by atoms with Gasteiger partial charge in [-0.05, 0) is 114 Å². The summed E-state index contributed by atoms with van der Waals surface area (Å²) < 4.78 is 12.2. The van der Waals surface area contributed by atoms with E-state index >= 15 is 0 Å². The van der Waals surface area contributed by atoms with E-state index in [0.29, 0.717) is 0 Å². The van der Waals surface area contributed by atoms with Gasteiger partial charge in [-0.2, -0.15) is 0 Å². The minimum atomic E-state index is 0.861. The van der Waals surface area contributed by atoms with Crippen molar-refractivity contribution >= 4 is 109 Å². The number of furan rings is 1. The van der Waals surface area contributed by atoms with Gasteiger partial charge in [0.2, 0.25) is 0 Å². The number of nitrogens with zero attached hydrogens (tertiary/aromatic N) is 2. The quantitative estimate of drug-likeness (QED) is 0.152. The van der Waals surface area contributed by atoms with E-state index < -0.39 is 0 Å². The number of hydrogen-bond acceptors (Lipinski definition) is 1. The van der Waals surface area contributed by atoms with Crippen LogP contribution >= 0.6 is 0 Å². The van der Waals surface area contributed by atoms with Crippen molar-refractivity contribution < 1.29 is 4.42 Å². The lowest BCUT2D eigenvalue weighted by molar-refractivity contribution is 0.670. The van der Waals surface area contributed by atoms with Crippen LogP contribution in [-0.4, -0.2) is 9.13 Å². The molecule has 0 aliphatic carbocycles. The number of benzene rings is 14. The van der Waals surface area contributed by atoms with Crippen LogP contribution in [0.4, 0.5) is 0 Å². The van der Waals surface area contributed by atoms with Gasteiger partial charge in [-0.1, -0.05) is 231 Å². The summed E-state index contributed by atoms with van der Waals surface area (Å²) in [6.07, 6.45) is 0. The summed E-state index contributed by atoms with van der Waals surface area (Å²) in [7, 11) is 0. The van der Waals surface area contributed by atoms with Gasteiger partial charge in [0.05, 0.1) is 22.1 Å². The first-order valence-corrected chi connectivity index (χ1v) is 27.3. The molecule has 0 bridgehead atoms. The van der Waals surface area contributed by atoms with Crippen LogP contribution in [0.2, 0.25) is 0 Å². The maximum Gasteiger partial charge on any atom is 0.143 e. The molecule has 17 rings (SSSR count). The SMILES string of the molecule is c1ccc(-n2c3ccccc3c3cccc(-c4c5ccccc5c(-c5ccc6c(c5)oc5c(-c7c8ccccc8c(-c8cccc9c%10ccccc%10n(-c%10ccccc%10)c89)c8ccccc78)cccc56)c5ccccc45)c32)cc1. The van der Waals surface area contributed by atoms with Gasteiger partial charge in [-0.15, -0.1) is 0 Å². The molecule has 0 radical (unpaired) electrons. The first-order valence-electron chi connectivity index (χ1n) is 27.3. The Kier molecular flexibility index (Phi) is 9.42.